The molecule has 222 valence electrons. The number of rotatable bonds is 9. The van der Waals surface area contributed by atoms with Gasteiger partial charge in [0, 0.05) is 23.7 Å². The van der Waals surface area contributed by atoms with Crippen molar-refractivity contribution < 1.29 is 26.6 Å². The summed E-state index contributed by atoms with van der Waals surface area (Å²) in [5.74, 6) is -3.32. The predicted molar refractivity (Wildman–Crippen MR) is 151 cm³/mol. The van der Waals surface area contributed by atoms with E-state index in [-0.39, 0.29) is 35.2 Å². The van der Waals surface area contributed by atoms with Gasteiger partial charge in [0.25, 0.3) is 11.5 Å². The molecule has 9 nitrogen and oxygen atoms in total. The zero-order valence-corrected chi connectivity index (χ0v) is 24.1. The zero-order valence-electron chi connectivity index (χ0n) is 22.5. The monoisotopic (exact) mass is 624 g/mol. The van der Waals surface area contributed by atoms with Gasteiger partial charge < -0.3 is 0 Å². The van der Waals surface area contributed by atoms with Crippen LogP contribution in [-0.2, 0) is 21.1 Å². The van der Waals surface area contributed by atoms with E-state index in [9.17, 15) is 22.6 Å². The summed E-state index contributed by atoms with van der Waals surface area (Å²) in [6.07, 6.45) is 6.24. The molecule has 1 aliphatic rings. The summed E-state index contributed by atoms with van der Waals surface area (Å²) in [4.78, 5) is 28.4. The highest BCUT2D eigenvalue weighted by Crippen LogP contribution is 2.28. The van der Waals surface area contributed by atoms with E-state index in [1.54, 1.807) is 19.9 Å². The number of pyridine rings is 1. The van der Waals surface area contributed by atoms with Crippen LogP contribution in [0.4, 0.5) is 17.6 Å². The maximum atomic E-state index is 15.8. The lowest BCUT2D eigenvalue weighted by Gasteiger charge is -2.16. The summed E-state index contributed by atoms with van der Waals surface area (Å²) in [6, 6.07) is 5.25. The van der Waals surface area contributed by atoms with Crippen molar-refractivity contribution in [3.8, 4) is 0 Å². The Kier molecular flexibility index (Phi) is 9.28. The van der Waals surface area contributed by atoms with Gasteiger partial charge in [0.15, 0.2) is 11.6 Å². The number of aromatic nitrogens is 3. The Labute approximate surface area is 243 Å². The number of amides is 1. The average molecular weight is 625 g/mol. The fraction of sp³-hybridized carbons (Fsp3) is 0.259. The molecule has 0 saturated heterocycles. The van der Waals surface area contributed by atoms with E-state index in [4.69, 9.17) is 11.6 Å². The number of halogens is 5. The molecule has 1 amide bonds. The highest BCUT2D eigenvalue weighted by molar-refractivity contribution is 7.92. The quantitative estimate of drug-likeness (QED) is 0.249. The summed E-state index contributed by atoms with van der Waals surface area (Å²) in [7, 11) is -3.61. The molecule has 2 unspecified atom stereocenters. The number of benzene rings is 1. The second-order valence-electron chi connectivity index (χ2n) is 9.33. The van der Waals surface area contributed by atoms with Crippen molar-refractivity contribution >= 4 is 39.3 Å². The normalized spacial score (nSPS) is 18.7. The van der Waals surface area contributed by atoms with Crippen molar-refractivity contribution in [1.29, 1.82) is 0 Å². The maximum absolute atomic E-state index is 15.8. The predicted octanol–water partition coefficient (Wildman–Crippen LogP) is 5.55. The molecular weight excluding hydrogens is 600 g/mol. The molecule has 4 rings (SSSR count). The molecule has 2 aromatic heterocycles. The molecule has 0 bridgehead atoms. The van der Waals surface area contributed by atoms with E-state index >= 15 is 8.78 Å². The summed E-state index contributed by atoms with van der Waals surface area (Å²) in [6.45, 7) is 1.76. The first kappa shape index (κ1) is 31.1. The van der Waals surface area contributed by atoms with Crippen molar-refractivity contribution in [1.82, 2.24) is 19.1 Å². The van der Waals surface area contributed by atoms with E-state index in [1.807, 2.05) is 0 Å². The highest BCUT2D eigenvalue weighted by atomic mass is 35.5. The summed E-state index contributed by atoms with van der Waals surface area (Å²) in [5, 5.41) is 3.39. The van der Waals surface area contributed by atoms with Gasteiger partial charge in [-0.3, -0.25) is 19.1 Å². The second-order valence-corrected chi connectivity index (χ2v) is 11.7. The van der Waals surface area contributed by atoms with Gasteiger partial charge in [0.05, 0.1) is 23.8 Å². The van der Waals surface area contributed by atoms with Crippen LogP contribution in [0.15, 0.2) is 73.8 Å². The van der Waals surface area contributed by atoms with Crippen LogP contribution in [0.2, 0.25) is 5.02 Å². The number of hydrogen-bond acceptors (Lipinski definition) is 5. The molecule has 0 spiro atoms. The SMILES string of the molecule is C/C=C/N=C(/C(F)=C/n1c(C)cc(C(C)Cc2cnn(C(F)F)c2)c(Cl)c1=O)c1cccc(S2(=O)=NC(=O)CN2)c1F. The molecule has 42 heavy (non-hydrogen) atoms. The highest BCUT2D eigenvalue weighted by Gasteiger charge is 2.28. The minimum Gasteiger partial charge on any atom is -0.284 e. The number of nitrogens with one attached hydrogen (secondary N) is 1. The summed E-state index contributed by atoms with van der Waals surface area (Å²) >= 11 is 6.39. The third kappa shape index (κ3) is 6.30. The first-order valence-electron chi connectivity index (χ1n) is 12.5. The number of allylic oxidation sites excluding steroid dienone is 2. The molecular formula is C27H25ClF4N6O3S. The fourth-order valence-corrected chi connectivity index (χ4v) is 6.24. The van der Waals surface area contributed by atoms with E-state index in [0.717, 1.165) is 16.8 Å². The Morgan fingerprint density at radius 2 is 2.05 bits per heavy atom. The Morgan fingerprint density at radius 3 is 2.67 bits per heavy atom. The van der Waals surface area contributed by atoms with Crippen LogP contribution in [0.1, 0.15) is 48.7 Å². The standard InChI is InChI=1S/C27H25ClF4N6O3S/c1-4-8-33-25(18-6-5-7-21(24(18)30)42(41)35-12-22(39)36-42)20(29)14-37-16(3)10-19(23(28)26(37)40)15(2)9-17-11-34-38(13-17)27(31)32/h4-8,10-11,13-15,27H,9,12H2,1-3H3,(H,35,36,39,41)/b8-4+,20-14-,33-25+. The number of aliphatic imine (C=N–C) groups is 1. The van der Waals surface area contributed by atoms with Crippen LogP contribution in [0.25, 0.3) is 6.20 Å². The minimum absolute atomic E-state index is 0.214. The van der Waals surface area contributed by atoms with E-state index in [0.29, 0.717) is 15.8 Å². The van der Waals surface area contributed by atoms with Crippen LogP contribution in [0.5, 0.6) is 0 Å². The van der Waals surface area contributed by atoms with E-state index < -0.39 is 50.2 Å². The maximum Gasteiger partial charge on any atom is 0.333 e. The molecule has 0 aliphatic carbocycles. The number of carbonyl (C=O) groups is 1. The van der Waals surface area contributed by atoms with Crippen molar-refractivity contribution in [2.45, 2.75) is 44.6 Å². The number of aryl methyl sites for hydroxylation is 1. The van der Waals surface area contributed by atoms with Crippen LogP contribution >= 0.6 is 11.6 Å². The minimum atomic E-state index is -3.61. The van der Waals surface area contributed by atoms with Crippen molar-refractivity contribution in [3.63, 3.8) is 0 Å². The van der Waals surface area contributed by atoms with E-state index in [2.05, 4.69) is 19.2 Å². The van der Waals surface area contributed by atoms with Crippen molar-refractivity contribution in [2.75, 3.05) is 6.54 Å². The van der Waals surface area contributed by atoms with Gasteiger partial charge in [-0.2, -0.15) is 13.9 Å². The lowest BCUT2D eigenvalue weighted by atomic mass is 9.95. The Balaban J connectivity index is 1.74. The first-order valence-corrected chi connectivity index (χ1v) is 14.4. The smallest absolute Gasteiger partial charge is 0.284 e. The van der Waals surface area contributed by atoms with Gasteiger partial charge in [0.2, 0.25) is 0 Å². The van der Waals surface area contributed by atoms with Crippen LogP contribution in [0, 0.1) is 12.7 Å². The molecule has 1 aromatic carbocycles. The lowest BCUT2D eigenvalue weighted by molar-refractivity contribution is -0.116. The van der Waals surface area contributed by atoms with Gasteiger partial charge in [-0.05, 0) is 55.5 Å². The number of nitrogens with zero attached hydrogens (tertiary/aromatic N) is 5. The third-order valence-corrected chi connectivity index (χ3v) is 8.61. The second kappa shape index (κ2) is 12.5. The number of hydrogen-bond donors (Lipinski definition) is 1. The van der Waals surface area contributed by atoms with Crippen LogP contribution < -0.4 is 10.3 Å². The molecule has 1 N–H and O–H groups in total. The Morgan fingerprint density at radius 1 is 1.31 bits per heavy atom. The van der Waals surface area contributed by atoms with Crippen LogP contribution in [-0.4, -0.2) is 36.7 Å². The third-order valence-electron chi connectivity index (χ3n) is 6.32. The molecule has 3 aromatic rings. The Bertz CT molecular complexity index is 1820. The summed E-state index contributed by atoms with van der Waals surface area (Å²) in [5.41, 5.74) is -0.471. The van der Waals surface area contributed by atoms with Gasteiger partial charge in [-0.25, -0.2) is 22.4 Å². The molecule has 0 fully saturated rings. The number of alkyl halides is 2. The topological polar surface area (TPSA) is 111 Å². The number of carbonyl (C=O) groups excluding carboxylic acids is 1. The fourth-order valence-electron chi connectivity index (χ4n) is 4.30. The largest absolute Gasteiger partial charge is 0.333 e. The van der Waals surface area contributed by atoms with Crippen molar-refractivity contribution in [2.24, 2.45) is 9.36 Å². The molecule has 15 heteroatoms. The molecule has 1 aliphatic heterocycles. The first-order chi connectivity index (χ1) is 19.9. The molecule has 0 saturated carbocycles. The van der Waals surface area contributed by atoms with Gasteiger partial charge in [0.1, 0.15) is 20.6 Å². The molecule has 3 heterocycles. The lowest BCUT2D eigenvalue weighted by Crippen LogP contribution is -2.23. The summed E-state index contributed by atoms with van der Waals surface area (Å²) < 4.78 is 77.5. The zero-order chi connectivity index (χ0) is 30.8. The van der Waals surface area contributed by atoms with Gasteiger partial charge in [-0.1, -0.05) is 30.7 Å². The van der Waals surface area contributed by atoms with E-state index in [1.165, 1.54) is 43.7 Å². The Hall–Kier alpha value is -3.88. The average Bonchev–Trinajstić information content (AvgIpc) is 3.55. The van der Waals surface area contributed by atoms with Gasteiger partial charge in [-0.15, -0.1) is 4.36 Å². The molecule has 2 atom stereocenters. The van der Waals surface area contributed by atoms with Crippen LogP contribution in [0.3, 0.4) is 0 Å². The van der Waals surface area contributed by atoms with Gasteiger partial charge >= 0.3 is 6.55 Å². The van der Waals surface area contributed by atoms with Crippen molar-refractivity contribution in [3.05, 3.63) is 98.3 Å². The molecule has 0 radical (unpaired) electrons.